The zero-order chi connectivity index (χ0) is 16.2. The highest BCUT2D eigenvalue weighted by Gasteiger charge is 2.15. The molecule has 1 fully saturated rings. The molecule has 0 spiro atoms. The van der Waals surface area contributed by atoms with Crippen molar-refractivity contribution in [1.82, 2.24) is 15.2 Å². The smallest absolute Gasteiger partial charge is 0.247 e. The molecule has 1 aliphatic rings. The highest BCUT2D eigenvalue weighted by atomic mass is 15.3. The molecule has 0 bridgehead atoms. The summed E-state index contributed by atoms with van der Waals surface area (Å²) in [7, 11) is 0. The molecule has 0 aliphatic carbocycles. The van der Waals surface area contributed by atoms with E-state index in [9.17, 15) is 0 Å². The van der Waals surface area contributed by atoms with Crippen LogP contribution in [0.4, 0.5) is 17.5 Å². The molecule has 1 N–H and O–H groups in total. The second-order valence-corrected chi connectivity index (χ2v) is 6.51. The van der Waals surface area contributed by atoms with Gasteiger partial charge in [0.05, 0.1) is 6.20 Å². The third-order valence-corrected chi connectivity index (χ3v) is 4.37. The van der Waals surface area contributed by atoms with Gasteiger partial charge in [0.25, 0.3) is 0 Å². The van der Waals surface area contributed by atoms with Crippen LogP contribution < -0.4 is 10.2 Å². The molecule has 122 valence electrons. The van der Waals surface area contributed by atoms with Crippen LogP contribution in [0.2, 0.25) is 0 Å². The number of hydrogen-bond donors (Lipinski definition) is 1. The first-order chi connectivity index (χ1) is 11.1. The van der Waals surface area contributed by atoms with Gasteiger partial charge < -0.3 is 10.2 Å². The van der Waals surface area contributed by atoms with Gasteiger partial charge in [0.2, 0.25) is 5.95 Å². The zero-order valence-electron chi connectivity index (χ0n) is 14.2. The maximum absolute atomic E-state index is 4.67. The van der Waals surface area contributed by atoms with Gasteiger partial charge in [-0.05, 0) is 43.2 Å². The van der Waals surface area contributed by atoms with E-state index in [1.54, 1.807) is 6.20 Å². The minimum atomic E-state index is 0.453. The van der Waals surface area contributed by atoms with Crippen LogP contribution >= 0.6 is 0 Å². The van der Waals surface area contributed by atoms with Crippen LogP contribution in [-0.2, 0) is 0 Å². The van der Waals surface area contributed by atoms with E-state index in [0.29, 0.717) is 5.92 Å². The number of anilines is 3. The third-order valence-electron chi connectivity index (χ3n) is 4.37. The summed E-state index contributed by atoms with van der Waals surface area (Å²) in [5.74, 6) is 1.94. The molecular formula is C18H25N5. The summed E-state index contributed by atoms with van der Waals surface area (Å²) in [4.78, 5) is 6.90. The lowest BCUT2D eigenvalue weighted by molar-refractivity contribution is 0.565. The van der Waals surface area contributed by atoms with Gasteiger partial charge in [-0.15, -0.1) is 5.10 Å². The number of aryl methyl sites for hydroxylation is 1. The molecule has 1 aromatic carbocycles. The molecule has 2 heterocycles. The molecule has 0 atom stereocenters. The van der Waals surface area contributed by atoms with Crippen molar-refractivity contribution in [3.8, 4) is 0 Å². The minimum Gasteiger partial charge on any atom is -0.339 e. The number of benzene rings is 1. The van der Waals surface area contributed by atoms with E-state index in [2.05, 4.69) is 64.4 Å². The average Bonchev–Trinajstić information content (AvgIpc) is 2.57. The summed E-state index contributed by atoms with van der Waals surface area (Å²) in [6.07, 6.45) is 5.40. The van der Waals surface area contributed by atoms with E-state index in [0.717, 1.165) is 30.5 Å². The fourth-order valence-electron chi connectivity index (χ4n) is 3.05. The number of nitrogens with zero attached hydrogens (tertiary/aromatic N) is 4. The first-order valence-corrected chi connectivity index (χ1v) is 8.46. The van der Waals surface area contributed by atoms with Crippen LogP contribution in [0.5, 0.6) is 0 Å². The summed E-state index contributed by atoms with van der Waals surface area (Å²) in [6, 6.07) is 6.39. The van der Waals surface area contributed by atoms with E-state index < -0.39 is 0 Å². The molecule has 0 radical (unpaired) electrons. The Balaban J connectivity index is 1.86. The highest BCUT2D eigenvalue weighted by Crippen LogP contribution is 2.29. The van der Waals surface area contributed by atoms with Crippen LogP contribution in [0.1, 0.15) is 50.2 Å². The molecule has 0 amide bonds. The van der Waals surface area contributed by atoms with Gasteiger partial charge in [0.1, 0.15) is 0 Å². The Hall–Kier alpha value is -2.17. The van der Waals surface area contributed by atoms with Crippen LogP contribution in [0.15, 0.2) is 24.4 Å². The molecule has 1 aromatic heterocycles. The van der Waals surface area contributed by atoms with E-state index in [4.69, 9.17) is 0 Å². The second kappa shape index (κ2) is 6.94. The van der Waals surface area contributed by atoms with Gasteiger partial charge in [-0.25, -0.2) is 0 Å². The van der Waals surface area contributed by atoms with E-state index >= 15 is 0 Å². The average molecular weight is 311 g/mol. The Morgan fingerprint density at radius 2 is 1.91 bits per heavy atom. The topological polar surface area (TPSA) is 53.9 Å². The lowest BCUT2D eigenvalue weighted by atomic mass is 9.98. The van der Waals surface area contributed by atoms with Crippen molar-refractivity contribution >= 4 is 17.5 Å². The summed E-state index contributed by atoms with van der Waals surface area (Å²) < 4.78 is 0. The first-order valence-electron chi connectivity index (χ1n) is 8.46. The van der Waals surface area contributed by atoms with Crippen molar-refractivity contribution in [1.29, 1.82) is 0 Å². The summed E-state index contributed by atoms with van der Waals surface area (Å²) in [6.45, 7) is 8.57. The molecule has 0 unspecified atom stereocenters. The summed E-state index contributed by atoms with van der Waals surface area (Å²) in [5, 5.41) is 11.8. The maximum Gasteiger partial charge on any atom is 0.247 e. The number of hydrogen-bond acceptors (Lipinski definition) is 5. The maximum atomic E-state index is 4.67. The van der Waals surface area contributed by atoms with Crippen LogP contribution in [0.25, 0.3) is 0 Å². The summed E-state index contributed by atoms with van der Waals surface area (Å²) >= 11 is 0. The fourth-order valence-corrected chi connectivity index (χ4v) is 3.05. The molecule has 5 heteroatoms. The van der Waals surface area contributed by atoms with Crippen molar-refractivity contribution < 1.29 is 0 Å². The number of nitrogens with one attached hydrogen (secondary N) is 1. The third kappa shape index (κ3) is 3.60. The van der Waals surface area contributed by atoms with Crippen molar-refractivity contribution in [2.45, 2.75) is 46.0 Å². The van der Waals surface area contributed by atoms with Gasteiger partial charge >= 0.3 is 0 Å². The van der Waals surface area contributed by atoms with Gasteiger partial charge in [0, 0.05) is 18.8 Å². The Morgan fingerprint density at radius 3 is 2.65 bits per heavy atom. The monoisotopic (exact) mass is 311 g/mol. The van der Waals surface area contributed by atoms with Gasteiger partial charge in [-0.1, -0.05) is 32.0 Å². The minimum absolute atomic E-state index is 0.453. The lowest BCUT2D eigenvalue weighted by Crippen LogP contribution is -2.31. The highest BCUT2D eigenvalue weighted by molar-refractivity contribution is 5.65. The lowest BCUT2D eigenvalue weighted by Gasteiger charge is -2.26. The largest absolute Gasteiger partial charge is 0.339 e. The molecule has 23 heavy (non-hydrogen) atoms. The van der Waals surface area contributed by atoms with Gasteiger partial charge in [-0.3, -0.25) is 0 Å². The van der Waals surface area contributed by atoms with Crippen molar-refractivity contribution in [3.05, 3.63) is 35.5 Å². The molecule has 0 saturated carbocycles. The van der Waals surface area contributed by atoms with E-state index in [1.807, 2.05) is 0 Å². The Bertz CT molecular complexity index is 662. The molecule has 2 aromatic rings. The number of piperidine rings is 1. The van der Waals surface area contributed by atoms with Crippen LogP contribution in [-0.4, -0.2) is 28.3 Å². The molecule has 1 aliphatic heterocycles. The predicted octanol–water partition coefficient (Wildman–Crippen LogP) is 4.04. The first kappa shape index (κ1) is 15.7. The number of para-hydroxylation sites is 1. The summed E-state index contributed by atoms with van der Waals surface area (Å²) in [5.41, 5.74) is 3.64. The molecule has 1 saturated heterocycles. The van der Waals surface area contributed by atoms with Gasteiger partial charge in [0.15, 0.2) is 5.82 Å². The Kier molecular flexibility index (Phi) is 4.74. The second-order valence-electron chi connectivity index (χ2n) is 6.51. The Morgan fingerprint density at radius 1 is 1.13 bits per heavy atom. The van der Waals surface area contributed by atoms with Crippen molar-refractivity contribution in [2.24, 2.45) is 0 Å². The number of aromatic nitrogens is 3. The van der Waals surface area contributed by atoms with Crippen molar-refractivity contribution in [3.63, 3.8) is 0 Å². The number of rotatable bonds is 4. The quantitative estimate of drug-likeness (QED) is 0.923. The molecule has 5 nitrogen and oxygen atoms in total. The molecular weight excluding hydrogens is 286 g/mol. The van der Waals surface area contributed by atoms with Gasteiger partial charge in [-0.2, -0.15) is 10.1 Å². The van der Waals surface area contributed by atoms with E-state index in [-0.39, 0.29) is 0 Å². The normalized spacial score (nSPS) is 15.0. The molecule has 3 rings (SSSR count). The van der Waals surface area contributed by atoms with Crippen LogP contribution in [0.3, 0.4) is 0 Å². The SMILES string of the molecule is Cc1cccc(C(C)C)c1Nc1cnnc(N2CCCCC2)n1. The predicted molar refractivity (Wildman–Crippen MR) is 94.4 cm³/mol. The van der Waals surface area contributed by atoms with Crippen LogP contribution in [0, 0.1) is 6.92 Å². The van der Waals surface area contributed by atoms with E-state index in [1.165, 1.54) is 30.4 Å². The Labute approximate surface area is 138 Å². The van der Waals surface area contributed by atoms with Crippen molar-refractivity contribution in [2.75, 3.05) is 23.3 Å². The fraction of sp³-hybridized carbons (Fsp3) is 0.500. The zero-order valence-corrected chi connectivity index (χ0v) is 14.2. The standard InChI is InChI=1S/C18H25N5/c1-13(2)15-9-7-8-14(3)17(15)20-16-12-19-22-18(21-16)23-10-5-4-6-11-23/h7-9,12-13H,4-6,10-11H2,1-3H3,(H,20,21,22).